The molecule has 0 aliphatic carbocycles. The Morgan fingerprint density at radius 1 is 1.12 bits per heavy atom. The van der Waals surface area contributed by atoms with Gasteiger partial charge in [-0.15, -0.1) is 0 Å². The highest BCUT2D eigenvalue weighted by Crippen LogP contribution is 2.29. The Balaban J connectivity index is 2.11. The van der Waals surface area contributed by atoms with Gasteiger partial charge >= 0.3 is 0 Å². The van der Waals surface area contributed by atoms with Crippen molar-refractivity contribution in [2.24, 2.45) is 0 Å². The predicted octanol–water partition coefficient (Wildman–Crippen LogP) is 5.30. The molecular formula is C18H20ClF2NO2. The standard InChI is InChI=1S/C18H20ClF2NO2/c1-18(2,23-3)11-24-10-12-7-8-14(20)16(9-12)22-17-13(19)5-4-6-15(17)21/h4-9,22H,10-11H2,1-3H3. The van der Waals surface area contributed by atoms with E-state index in [1.165, 1.54) is 24.3 Å². The molecule has 0 saturated carbocycles. The lowest BCUT2D eigenvalue weighted by Crippen LogP contribution is -2.29. The van der Waals surface area contributed by atoms with Crippen LogP contribution in [0.3, 0.4) is 0 Å². The number of para-hydroxylation sites is 1. The van der Waals surface area contributed by atoms with Crippen LogP contribution in [0, 0.1) is 11.6 Å². The third-order valence-corrected chi connectivity index (χ3v) is 3.84. The van der Waals surface area contributed by atoms with E-state index in [2.05, 4.69) is 5.32 Å². The first-order chi connectivity index (χ1) is 11.3. The molecule has 2 rings (SSSR count). The Morgan fingerprint density at radius 3 is 2.54 bits per heavy atom. The minimum Gasteiger partial charge on any atom is -0.376 e. The molecule has 1 N–H and O–H groups in total. The molecule has 0 atom stereocenters. The van der Waals surface area contributed by atoms with E-state index >= 15 is 0 Å². The van der Waals surface area contributed by atoms with Gasteiger partial charge in [0.15, 0.2) is 0 Å². The van der Waals surface area contributed by atoms with Crippen molar-refractivity contribution in [3.8, 4) is 0 Å². The van der Waals surface area contributed by atoms with E-state index in [9.17, 15) is 8.78 Å². The molecule has 0 saturated heterocycles. The number of hydrogen-bond donors (Lipinski definition) is 1. The molecule has 2 aromatic carbocycles. The zero-order chi connectivity index (χ0) is 17.7. The summed E-state index contributed by atoms with van der Waals surface area (Å²) < 4.78 is 38.7. The molecule has 3 nitrogen and oxygen atoms in total. The molecule has 130 valence electrons. The summed E-state index contributed by atoms with van der Waals surface area (Å²) >= 11 is 5.96. The van der Waals surface area contributed by atoms with Crippen LogP contribution in [0.5, 0.6) is 0 Å². The molecule has 24 heavy (non-hydrogen) atoms. The van der Waals surface area contributed by atoms with Crippen molar-refractivity contribution in [1.29, 1.82) is 0 Å². The van der Waals surface area contributed by atoms with Crippen molar-refractivity contribution < 1.29 is 18.3 Å². The third-order valence-electron chi connectivity index (χ3n) is 3.52. The van der Waals surface area contributed by atoms with E-state index < -0.39 is 17.2 Å². The van der Waals surface area contributed by atoms with Gasteiger partial charge in [-0.3, -0.25) is 0 Å². The average molecular weight is 356 g/mol. The second-order valence-electron chi connectivity index (χ2n) is 5.99. The summed E-state index contributed by atoms with van der Waals surface area (Å²) in [7, 11) is 1.61. The van der Waals surface area contributed by atoms with Gasteiger partial charge in [0.1, 0.15) is 11.6 Å². The maximum Gasteiger partial charge on any atom is 0.148 e. The van der Waals surface area contributed by atoms with Crippen LogP contribution in [0.2, 0.25) is 5.02 Å². The second kappa shape index (κ2) is 7.92. The first kappa shape index (κ1) is 18.6. The van der Waals surface area contributed by atoms with E-state index in [4.69, 9.17) is 21.1 Å². The number of nitrogens with one attached hydrogen (secondary N) is 1. The minimum absolute atomic E-state index is 0.0386. The molecule has 0 spiro atoms. The molecule has 0 bridgehead atoms. The summed E-state index contributed by atoms with van der Waals surface area (Å²) in [6, 6.07) is 8.76. The topological polar surface area (TPSA) is 30.5 Å². The quantitative estimate of drug-likeness (QED) is 0.730. The van der Waals surface area contributed by atoms with Crippen LogP contribution < -0.4 is 5.32 Å². The molecule has 6 heteroatoms. The van der Waals surface area contributed by atoms with E-state index in [0.717, 1.165) is 5.56 Å². The van der Waals surface area contributed by atoms with Gasteiger partial charge in [-0.1, -0.05) is 23.7 Å². The number of ether oxygens (including phenoxy) is 2. The van der Waals surface area contributed by atoms with E-state index in [1.54, 1.807) is 19.2 Å². The van der Waals surface area contributed by atoms with Crippen LogP contribution in [-0.2, 0) is 16.1 Å². The molecule has 0 aliphatic rings. The number of hydrogen-bond acceptors (Lipinski definition) is 3. The Bertz CT molecular complexity index is 687. The molecule has 0 radical (unpaired) electrons. The van der Waals surface area contributed by atoms with Gasteiger partial charge in [-0.05, 0) is 43.7 Å². The summed E-state index contributed by atoms with van der Waals surface area (Å²) in [5.74, 6) is -1.05. The van der Waals surface area contributed by atoms with Crippen LogP contribution in [0.25, 0.3) is 0 Å². The Morgan fingerprint density at radius 2 is 1.88 bits per heavy atom. The molecule has 0 heterocycles. The number of anilines is 2. The third kappa shape index (κ3) is 4.90. The zero-order valence-electron chi connectivity index (χ0n) is 13.8. The van der Waals surface area contributed by atoms with Crippen molar-refractivity contribution in [3.63, 3.8) is 0 Å². The molecule has 0 aromatic heterocycles. The molecular weight excluding hydrogens is 336 g/mol. The van der Waals surface area contributed by atoms with Crippen molar-refractivity contribution >= 4 is 23.0 Å². The average Bonchev–Trinajstić information content (AvgIpc) is 2.53. The summed E-state index contributed by atoms with van der Waals surface area (Å²) in [6.07, 6.45) is 0. The van der Waals surface area contributed by atoms with Crippen LogP contribution in [-0.4, -0.2) is 19.3 Å². The Labute approximate surface area is 145 Å². The lowest BCUT2D eigenvalue weighted by molar-refractivity contribution is -0.0554. The second-order valence-corrected chi connectivity index (χ2v) is 6.40. The van der Waals surface area contributed by atoms with Crippen molar-refractivity contribution in [2.75, 3.05) is 19.0 Å². The highest BCUT2D eigenvalue weighted by molar-refractivity contribution is 6.33. The number of rotatable bonds is 7. The Kier molecular flexibility index (Phi) is 6.15. The first-order valence-corrected chi connectivity index (χ1v) is 7.82. The summed E-state index contributed by atoms with van der Waals surface area (Å²) in [5, 5.41) is 2.88. The highest BCUT2D eigenvalue weighted by atomic mass is 35.5. The van der Waals surface area contributed by atoms with Gasteiger partial charge in [0.05, 0.1) is 35.2 Å². The number of methoxy groups -OCH3 is 1. The van der Waals surface area contributed by atoms with Crippen molar-refractivity contribution in [3.05, 3.63) is 58.6 Å². The van der Waals surface area contributed by atoms with Crippen LogP contribution in [0.1, 0.15) is 19.4 Å². The van der Waals surface area contributed by atoms with Gasteiger partial charge in [-0.25, -0.2) is 8.78 Å². The monoisotopic (exact) mass is 355 g/mol. The van der Waals surface area contributed by atoms with Gasteiger partial charge < -0.3 is 14.8 Å². The number of halogens is 3. The molecule has 0 fully saturated rings. The van der Waals surface area contributed by atoms with Gasteiger partial charge in [-0.2, -0.15) is 0 Å². The highest BCUT2D eigenvalue weighted by Gasteiger charge is 2.16. The lowest BCUT2D eigenvalue weighted by Gasteiger charge is -2.22. The molecule has 0 aliphatic heterocycles. The van der Waals surface area contributed by atoms with Crippen molar-refractivity contribution in [2.45, 2.75) is 26.1 Å². The van der Waals surface area contributed by atoms with E-state index in [1.807, 2.05) is 13.8 Å². The van der Waals surface area contributed by atoms with Gasteiger partial charge in [0, 0.05) is 7.11 Å². The lowest BCUT2D eigenvalue weighted by atomic mass is 10.1. The van der Waals surface area contributed by atoms with E-state index in [0.29, 0.717) is 6.61 Å². The first-order valence-electron chi connectivity index (χ1n) is 7.45. The van der Waals surface area contributed by atoms with Crippen LogP contribution in [0.15, 0.2) is 36.4 Å². The van der Waals surface area contributed by atoms with Gasteiger partial charge in [0.25, 0.3) is 0 Å². The maximum absolute atomic E-state index is 14.0. The number of benzene rings is 2. The summed E-state index contributed by atoms with van der Waals surface area (Å²) in [5.41, 5.74) is 0.519. The maximum atomic E-state index is 14.0. The van der Waals surface area contributed by atoms with Crippen LogP contribution in [0.4, 0.5) is 20.2 Å². The van der Waals surface area contributed by atoms with E-state index in [-0.39, 0.29) is 23.0 Å². The normalized spacial score (nSPS) is 11.6. The largest absolute Gasteiger partial charge is 0.376 e. The van der Waals surface area contributed by atoms with Crippen molar-refractivity contribution in [1.82, 2.24) is 0 Å². The molecule has 2 aromatic rings. The fraction of sp³-hybridized carbons (Fsp3) is 0.333. The Hall–Kier alpha value is -1.69. The fourth-order valence-electron chi connectivity index (χ4n) is 1.98. The zero-order valence-corrected chi connectivity index (χ0v) is 14.6. The smallest absolute Gasteiger partial charge is 0.148 e. The van der Waals surface area contributed by atoms with Crippen LogP contribution >= 0.6 is 11.6 Å². The molecule has 0 unspecified atom stereocenters. The van der Waals surface area contributed by atoms with Gasteiger partial charge in [0.2, 0.25) is 0 Å². The minimum atomic E-state index is -0.551. The SMILES string of the molecule is COC(C)(C)COCc1ccc(F)c(Nc2c(F)cccc2Cl)c1. The summed E-state index contributed by atoms with van der Waals surface area (Å²) in [6.45, 7) is 4.49. The summed E-state index contributed by atoms with van der Waals surface area (Å²) in [4.78, 5) is 0. The fourth-order valence-corrected chi connectivity index (χ4v) is 2.19. The molecule has 0 amide bonds. The predicted molar refractivity (Wildman–Crippen MR) is 91.8 cm³/mol.